The molecule has 1 saturated carbocycles. The molecular weight excluding hydrogens is 391 g/mol. The third-order valence-corrected chi connectivity index (χ3v) is 7.59. The zero-order valence-corrected chi connectivity index (χ0v) is 18.5. The van der Waals surface area contributed by atoms with Crippen LogP contribution < -0.4 is 5.73 Å². The first-order chi connectivity index (χ1) is 14.8. The topological polar surface area (TPSA) is 72.9 Å². The second kappa shape index (κ2) is 6.95. The lowest BCUT2D eigenvalue weighted by molar-refractivity contribution is -0.0729. The van der Waals surface area contributed by atoms with Gasteiger partial charge in [-0.05, 0) is 61.3 Å². The maximum Gasteiger partial charge on any atom is 0.184 e. The third kappa shape index (κ3) is 2.88. The molecule has 0 bridgehead atoms. The van der Waals surface area contributed by atoms with Crippen LogP contribution in [0, 0.1) is 23.1 Å². The number of hydrogen-bond acceptors (Lipinski definition) is 5. The van der Waals surface area contributed by atoms with E-state index in [-0.39, 0.29) is 17.3 Å². The minimum absolute atomic E-state index is 0.148. The minimum atomic E-state index is -0.728. The van der Waals surface area contributed by atoms with E-state index in [4.69, 9.17) is 20.5 Å². The van der Waals surface area contributed by atoms with Crippen LogP contribution in [0.1, 0.15) is 44.7 Å². The Bertz CT molecular complexity index is 1080. The van der Waals surface area contributed by atoms with Gasteiger partial charge in [-0.1, -0.05) is 26.0 Å². The third-order valence-electron chi connectivity index (χ3n) is 7.59. The maximum absolute atomic E-state index is 13.8. The molecule has 2 unspecified atom stereocenters. The average Bonchev–Trinajstić information content (AvgIpc) is 3.15. The molecule has 3 aliphatic rings. The van der Waals surface area contributed by atoms with Gasteiger partial charge in [-0.3, -0.25) is 9.98 Å². The summed E-state index contributed by atoms with van der Waals surface area (Å²) in [7, 11) is 1.81. The van der Waals surface area contributed by atoms with E-state index in [9.17, 15) is 4.39 Å². The quantitative estimate of drug-likeness (QED) is 0.778. The van der Waals surface area contributed by atoms with Gasteiger partial charge in [-0.25, -0.2) is 9.38 Å². The van der Waals surface area contributed by atoms with Gasteiger partial charge in [0.05, 0.1) is 18.0 Å². The predicted octanol–water partition coefficient (Wildman–Crippen LogP) is 4.50. The Morgan fingerprint density at radius 3 is 2.42 bits per heavy atom. The van der Waals surface area contributed by atoms with Gasteiger partial charge in [0.15, 0.2) is 5.66 Å². The van der Waals surface area contributed by atoms with Crippen molar-refractivity contribution in [2.45, 2.75) is 51.8 Å². The highest BCUT2D eigenvalue weighted by Crippen LogP contribution is 2.63. The van der Waals surface area contributed by atoms with Crippen molar-refractivity contribution < 1.29 is 9.13 Å². The number of nitrogens with zero attached hydrogens (tertiary/aromatic N) is 3. The molecule has 0 amide bonds. The van der Waals surface area contributed by atoms with E-state index < -0.39 is 5.66 Å². The maximum atomic E-state index is 13.8. The molecular formula is C25H29FN4O. The molecule has 0 radical (unpaired) electrons. The zero-order chi connectivity index (χ0) is 22.0. The summed E-state index contributed by atoms with van der Waals surface area (Å²) in [6.07, 6.45) is 5.98. The van der Waals surface area contributed by atoms with Crippen molar-refractivity contribution in [2.24, 2.45) is 33.0 Å². The van der Waals surface area contributed by atoms with Gasteiger partial charge < -0.3 is 10.5 Å². The van der Waals surface area contributed by atoms with Crippen LogP contribution >= 0.6 is 0 Å². The summed E-state index contributed by atoms with van der Waals surface area (Å²) < 4.78 is 19.7. The highest BCUT2D eigenvalue weighted by atomic mass is 19.1. The van der Waals surface area contributed by atoms with Crippen molar-refractivity contribution >= 4 is 11.5 Å². The number of pyridine rings is 1. The fourth-order valence-electron chi connectivity index (χ4n) is 6.52. The van der Waals surface area contributed by atoms with Crippen LogP contribution in [0.3, 0.4) is 0 Å². The van der Waals surface area contributed by atoms with E-state index in [0.717, 1.165) is 41.7 Å². The number of ether oxygens (including phenoxy) is 1. The molecule has 5 nitrogen and oxygen atoms in total. The van der Waals surface area contributed by atoms with E-state index in [1.54, 1.807) is 6.20 Å². The lowest BCUT2D eigenvalue weighted by atomic mass is 9.59. The molecule has 2 aromatic rings. The number of nitrogens with two attached hydrogens (primary N) is 1. The summed E-state index contributed by atoms with van der Waals surface area (Å²) in [5.41, 5.74) is 10.2. The Morgan fingerprint density at radius 1 is 1.06 bits per heavy atom. The van der Waals surface area contributed by atoms with Gasteiger partial charge in [-0.2, -0.15) is 0 Å². The molecule has 162 valence electrons. The van der Waals surface area contributed by atoms with Crippen molar-refractivity contribution in [1.82, 2.24) is 4.98 Å². The molecule has 6 heteroatoms. The molecule has 5 rings (SSSR count). The number of methoxy groups -OCH3 is 1. The SMILES string of the molecule is COC1[C@H](C)CC2(Cc3ccc(-c4cncc(F)c4)cc3[C@@]23N=C(C)C(N)=N3)C[C@@H]1C. The number of aromatic nitrogens is 1. The van der Waals surface area contributed by atoms with Gasteiger partial charge in [0.2, 0.25) is 0 Å². The fourth-order valence-corrected chi connectivity index (χ4v) is 6.52. The number of benzene rings is 1. The van der Waals surface area contributed by atoms with Gasteiger partial charge in [0, 0.05) is 29.8 Å². The molecule has 31 heavy (non-hydrogen) atoms. The van der Waals surface area contributed by atoms with Crippen LogP contribution in [0.4, 0.5) is 4.39 Å². The molecule has 0 saturated heterocycles. The smallest absolute Gasteiger partial charge is 0.184 e. The summed E-state index contributed by atoms with van der Waals surface area (Å²) in [4.78, 5) is 14.2. The molecule has 1 fully saturated rings. The number of halogens is 1. The molecule has 1 aromatic carbocycles. The zero-order valence-electron chi connectivity index (χ0n) is 18.5. The molecule has 1 aliphatic heterocycles. The molecule has 2 N–H and O–H groups in total. The fraction of sp³-hybridized carbons (Fsp3) is 0.480. The van der Waals surface area contributed by atoms with Gasteiger partial charge in [-0.15, -0.1) is 0 Å². The van der Waals surface area contributed by atoms with Crippen LogP contribution in [0.25, 0.3) is 11.1 Å². The van der Waals surface area contributed by atoms with Crippen LogP contribution in [0.5, 0.6) is 0 Å². The van der Waals surface area contributed by atoms with Crippen molar-refractivity contribution in [3.8, 4) is 11.1 Å². The first-order valence-electron chi connectivity index (χ1n) is 11.0. The Hall–Kier alpha value is -2.60. The largest absolute Gasteiger partial charge is 0.382 e. The van der Waals surface area contributed by atoms with E-state index in [0.29, 0.717) is 17.7 Å². The lowest BCUT2D eigenvalue weighted by Crippen LogP contribution is -2.49. The van der Waals surface area contributed by atoms with Crippen LogP contribution in [0.2, 0.25) is 0 Å². The number of fused-ring (bicyclic) bond motifs is 3. The van der Waals surface area contributed by atoms with Crippen molar-refractivity contribution in [3.63, 3.8) is 0 Å². The van der Waals surface area contributed by atoms with Gasteiger partial charge in [0.25, 0.3) is 0 Å². The normalized spacial score (nSPS) is 34.2. The monoisotopic (exact) mass is 420 g/mol. The Balaban J connectivity index is 1.68. The summed E-state index contributed by atoms with van der Waals surface area (Å²) in [5.74, 6) is 0.944. The number of hydrogen-bond donors (Lipinski definition) is 1. The molecule has 2 heterocycles. The van der Waals surface area contributed by atoms with Crippen molar-refractivity contribution in [1.29, 1.82) is 0 Å². The summed E-state index contributed by atoms with van der Waals surface area (Å²) in [5, 5.41) is 0. The summed E-state index contributed by atoms with van der Waals surface area (Å²) >= 11 is 0. The van der Waals surface area contributed by atoms with Crippen LogP contribution in [0.15, 0.2) is 46.6 Å². The Kier molecular flexibility index (Phi) is 4.56. The van der Waals surface area contributed by atoms with Gasteiger partial charge >= 0.3 is 0 Å². The van der Waals surface area contributed by atoms with E-state index in [2.05, 4.69) is 31.0 Å². The molecule has 2 spiro atoms. The van der Waals surface area contributed by atoms with E-state index >= 15 is 0 Å². The van der Waals surface area contributed by atoms with Crippen molar-refractivity contribution in [3.05, 3.63) is 53.6 Å². The summed E-state index contributed by atoms with van der Waals surface area (Å²) in [6.45, 7) is 6.47. The second-order valence-corrected chi connectivity index (χ2v) is 9.65. The Labute approximate surface area is 182 Å². The highest BCUT2D eigenvalue weighted by Gasteiger charge is 2.62. The lowest BCUT2D eigenvalue weighted by Gasteiger charge is -2.49. The average molecular weight is 421 g/mol. The summed E-state index contributed by atoms with van der Waals surface area (Å²) in [6, 6.07) is 7.84. The minimum Gasteiger partial charge on any atom is -0.382 e. The predicted molar refractivity (Wildman–Crippen MR) is 121 cm³/mol. The van der Waals surface area contributed by atoms with Gasteiger partial charge in [0.1, 0.15) is 11.7 Å². The second-order valence-electron chi connectivity index (χ2n) is 9.65. The standard InChI is InChI=1S/C25H29FN4O/c1-14-9-24(10-15(2)22(14)31-4)11-18-6-5-17(19-7-20(26)13-28-12-19)8-21(18)25(24)29-16(3)23(27)30-25/h5-8,12-15,22H,9-11H2,1-4H3,(H2,27,30)/t14-,15+,22?,24?,25-/m0/s1. The first-order valence-corrected chi connectivity index (χ1v) is 11.0. The van der Waals surface area contributed by atoms with Crippen LogP contribution in [-0.4, -0.2) is 29.7 Å². The van der Waals surface area contributed by atoms with E-state index in [1.165, 1.54) is 17.8 Å². The van der Waals surface area contributed by atoms with Crippen LogP contribution in [-0.2, 0) is 16.8 Å². The molecule has 5 atom stereocenters. The highest BCUT2D eigenvalue weighted by molar-refractivity contribution is 6.41. The van der Waals surface area contributed by atoms with Crippen molar-refractivity contribution in [2.75, 3.05) is 7.11 Å². The number of rotatable bonds is 2. The first kappa shape index (κ1) is 20.3. The Morgan fingerprint density at radius 2 is 1.81 bits per heavy atom. The number of amidine groups is 1. The number of aliphatic imine (C=N–C) groups is 2. The molecule has 1 aromatic heterocycles. The molecule has 2 aliphatic carbocycles. The van der Waals surface area contributed by atoms with E-state index in [1.807, 2.05) is 20.1 Å².